The van der Waals surface area contributed by atoms with Crippen molar-refractivity contribution in [1.29, 1.82) is 0 Å². The molecular formula is C19H33N. The van der Waals surface area contributed by atoms with E-state index in [1.807, 2.05) is 0 Å². The number of rotatable bonds is 9. The van der Waals surface area contributed by atoms with E-state index in [0.717, 1.165) is 18.4 Å². The first kappa shape index (κ1) is 17.2. The zero-order valence-corrected chi connectivity index (χ0v) is 14.0. The lowest BCUT2D eigenvalue weighted by atomic mass is 9.94. The Labute approximate surface area is 126 Å². The summed E-state index contributed by atoms with van der Waals surface area (Å²) in [6.45, 7) is 12.7. The van der Waals surface area contributed by atoms with Crippen LogP contribution in [-0.2, 0) is 0 Å². The number of hydrogen-bond acceptors (Lipinski definition) is 1. The van der Waals surface area contributed by atoms with E-state index in [9.17, 15) is 0 Å². The third-order valence-corrected chi connectivity index (χ3v) is 3.89. The molecule has 0 saturated carbocycles. The highest BCUT2D eigenvalue weighted by molar-refractivity contribution is 5.18. The molecule has 114 valence electrons. The van der Waals surface area contributed by atoms with E-state index in [-0.39, 0.29) is 0 Å². The van der Waals surface area contributed by atoms with Crippen LogP contribution in [0.3, 0.4) is 0 Å². The zero-order chi connectivity index (χ0) is 15.0. The molecule has 0 saturated heterocycles. The fourth-order valence-electron chi connectivity index (χ4n) is 2.85. The van der Waals surface area contributed by atoms with Gasteiger partial charge in [-0.15, -0.1) is 0 Å². The predicted molar refractivity (Wildman–Crippen MR) is 90.2 cm³/mol. The summed E-state index contributed by atoms with van der Waals surface area (Å²) in [4.78, 5) is 0. The summed E-state index contributed by atoms with van der Waals surface area (Å²) in [5, 5.41) is 3.78. The summed E-state index contributed by atoms with van der Waals surface area (Å²) in [5.41, 5.74) is 1.46. The maximum absolute atomic E-state index is 3.78. The molecule has 0 spiro atoms. The van der Waals surface area contributed by atoms with Crippen molar-refractivity contribution in [1.82, 2.24) is 5.32 Å². The van der Waals surface area contributed by atoms with E-state index < -0.39 is 0 Å². The fraction of sp³-hybridized carbons (Fsp3) is 0.684. The van der Waals surface area contributed by atoms with Crippen LogP contribution >= 0.6 is 0 Å². The van der Waals surface area contributed by atoms with E-state index in [1.54, 1.807) is 0 Å². The summed E-state index contributed by atoms with van der Waals surface area (Å²) in [6, 6.07) is 11.5. The molecule has 0 heterocycles. The lowest BCUT2D eigenvalue weighted by Gasteiger charge is -2.23. The Morgan fingerprint density at radius 2 is 1.40 bits per heavy atom. The molecule has 1 N–H and O–H groups in total. The largest absolute Gasteiger partial charge is 0.314 e. The molecule has 1 heteroatoms. The first-order valence-electron chi connectivity index (χ1n) is 8.27. The van der Waals surface area contributed by atoms with Crippen LogP contribution < -0.4 is 5.32 Å². The van der Waals surface area contributed by atoms with E-state index >= 15 is 0 Å². The van der Waals surface area contributed by atoms with Crippen LogP contribution in [0.1, 0.15) is 65.4 Å². The van der Waals surface area contributed by atoms with Gasteiger partial charge in [-0.05, 0) is 49.1 Å². The predicted octanol–water partition coefficient (Wildman–Crippen LogP) is 5.23. The first-order valence-corrected chi connectivity index (χ1v) is 8.27. The second-order valence-electron chi connectivity index (χ2n) is 7.01. The molecule has 0 amide bonds. The monoisotopic (exact) mass is 275 g/mol. The number of hydrogen-bond donors (Lipinski definition) is 1. The van der Waals surface area contributed by atoms with Gasteiger partial charge in [0.15, 0.2) is 0 Å². The smallest absolute Gasteiger partial charge is 0.00719 e. The molecule has 20 heavy (non-hydrogen) atoms. The molecule has 0 aliphatic heterocycles. The van der Waals surface area contributed by atoms with Crippen LogP contribution in [0.15, 0.2) is 30.3 Å². The lowest BCUT2D eigenvalue weighted by molar-refractivity contribution is 0.355. The van der Waals surface area contributed by atoms with Gasteiger partial charge in [-0.2, -0.15) is 0 Å². The Morgan fingerprint density at radius 3 is 1.90 bits per heavy atom. The maximum Gasteiger partial charge on any atom is 0.00719 e. The van der Waals surface area contributed by atoms with E-state index in [0.29, 0.717) is 12.0 Å². The molecule has 0 fully saturated rings. The van der Waals surface area contributed by atoms with Crippen molar-refractivity contribution in [3.05, 3.63) is 35.9 Å². The second-order valence-corrected chi connectivity index (χ2v) is 7.01. The summed E-state index contributed by atoms with van der Waals surface area (Å²) in [6.07, 6.45) is 3.80. The molecule has 1 atom stereocenters. The Hall–Kier alpha value is -0.820. The van der Waals surface area contributed by atoms with E-state index in [2.05, 4.69) is 70.3 Å². The van der Waals surface area contributed by atoms with Crippen LogP contribution in [0.2, 0.25) is 0 Å². The minimum absolute atomic E-state index is 0.641. The van der Waals surface area contributed by atoms with Gasteiger partial charge in [0.1, 0.15) is 0 Å². The second kappa shape index (κ2) is 9.18. The van der Waals surface area contributed by atoms with Gasteiger partial charge in [-0.1, -0.05) is 65.0 Å². The molecule has 1 nitrogen and oxygen atoms in total. The summed E-state index contributed by atoms with van der Waals surface area (Å²) in [7, 11) is 0. The van der Waals surface area contributed by atoms with Crippen LogP contribution in [0.25, 0.3) is 0 Å². The van der Waals surface area contributed by atoms with Gasteiger partial charge in [0.2, 0.25) is 0 Å². The Bertz CT molecular complexity index is 332. The Kier molecular flexibility index (Phi) is 7.91. The van der Waals surface area contributed by atoms with Gasteiger partial charge in [0.25, 0.3) is 0 Å². The van der Waals surface area contributed by atoms with Crippen molar-refractivity contribution in [3.8, 4) is 0 Å². The van der Waals surface area contributed by atoms with E-state index in [1.165, 1.54) is 24.8 Å². The molecule has 0 bridgehead atoms. The molecular weight excluding hydrogens is 242 g/mol. The average Bonchev–Trinajstić information content (AvgIpc) is 2.38. The summed E-state index contributed by atoms with van der Waals surface area (Å²) in [5.74, 6) is 2.19. The number of benzene rings is 1. The third-order valence-electron chi connectivity index (χ3n) is 3.89. The van der Waals surface area contributed by atoms with Gasteiger partial charge in [0, 0.05) is 6.04 Å². The Balaban J connectivity index is 2.36. The van der Waals surface area contributed by atoms with Crippen LogP contribution in [0, 0.1) is 11.8 Å². The molecule has 0 aliphatic rings. The molecule has 0 aromatic heterocycles. The van der Waals surface area contributed by atoms with E-state index in [4.69, 9.17) is 0 Å². The number of nitrogens with one attached hydrogen (secondary N) is 1. The van der Waals surface area contributed by atoms with Gasteiger partial charge < -0.3 is 5.32 Å². The lowest BCUT2D eigenvalue weighted by Crippen LogP contribution is -2.33. The van der Waals surface area contributed by atoms with Gasteiger partial charge in [0.05, 0.1) is 0 Å². The highest BCUT2D eigenvalue weighted by atomic mass is 14.9. The first-order chi connectivity index (χ1) is 9.49. The molecule has 0 radical (unpaired) electrons. The summed E-state index contributed by atoms with van der Waals surface area (Å²) < 4.78 is 0. The standard InChI is InChI=1S/C19H33N/c1-15(2)13-19(14-16(3)4)20-12-11-17(5)18-9-7-6-8-10-18/h6-10,15-17,19-20H,11-14H2,1-5H3. The third kappa shape index (κ3) is 7.09. The summed E-state index contributed by atoms with van der Waals surface area (Å²) >= 11 is 0. The van der Waals surface area contributed by atoms with Gasteiger partial charge in [-0.3, -0.25) is 0 Å². The van der Waals surface area contributed by atoms with Crippen molar-refractivity contribution in [2.45, 2.75) is 65.8 Å². The topological polar surface area (TPSA) is 12.0 Å². The molecule has 0 aliphatic carbocycles. The van der Waals surface area contributed by atoms with Crippen molar-refractivity contribution < 1.29 is 0 Å². The molecule has 1 aromatic rings. The fourth-order valence-corrected chi connectivity index (χ4v) is 2.85. The van der Waals surface area contributed by atoms with Gasteiger partial charge in [-0.25, -0.2) is 0 Å². The van der Waals surface area contributed by atoms with Crippen molar-refractivity contribution in [2.75, 3.05) is 6.54 Å². The van der Waals surface area contributed by atoms with Crippen LogP contribution in [0.5, 0.6) is 0 Å². The SMILES string of the molecule is CC(C)CC(CC(C)C)NCCC(C)c1ccccc1. The molecule has 1 unspecified atom stereocenters. The van der Waals surface area contributed by atoms with Crippen molar-refractivity contribution in [3.63, 3.8) is 0 Å². The molecule has 1 aromatic carbocycles. The highest BCUT2D eigenvalue weighted by Gasteiger charge is 2.13. The maximum atomic E-state index is 3.78. The van der Waals surface area contributed by atoms with Crippen LogP contribution in [-0.4, -0.2) is 12.6 Å². The minimum Gasteiger partial charge on any atom is -0.314 e. The Morgan fingerprint density at radius 1 is 0.850 bits per heavy atom. The van der Waals surface area contributed by atoms with Gasteiger partial charge >= 0.3 is 0 Å². The zero-order valence-electron chi connectivity index (χ0n) is 14.0. The normalized spacial score (nSPS) is 13.4. The highest BCUT2D eigenvalue weighted by Crippen LogP contribution is 2.18. The van der Waals surface area contributed by atoms with Crippen molar-refractivity contribution in [2.24, 2.45) is 11.8 Å². The average molecular weight is 275 g/mol. The quantitative estimate of drug-likeness (QED) is 0.650. The molecule has 1 rings (SSSR count). The minimum atomic E-state index is 0.641. The van der Waals surface area contributed by atoms with Crippen molar-refractivity contribution >= 4 is 0 Å². The van der Waals surface area contributed by atoms with Crippen LogP contribution in [0.4, 0.5) is 0 Å².